The molecule has 184 valence electrons. The van der Waals surface area contributed by atoms with Crippen LogP contribution in [0.3, 0.4) is 0 Å². The van der Waals surface area contributed by atoms with E-state index in [9.17, 15) is 14.0 Å². The maximum atomic E-state index is 15.0. The highest BCUT2D eigenvalue weighted by atomic mass is 35.5. The summed E-state index contributed by atoms with van der Waals surface area (Å²) in [5, 5.41) is 0.588. The maximum absolute atomic E-state index is 15.0. The van der Waals surface area contributed by atoms with Crippen molar-refractivity contribution in [1.82, 2.24) is 0 Å². The number of amides is 1. The van der Waals surface area contributed by atoms with Gasteiger partial charge in [0.2, 0.25) is 5.91 Å². The Balaban J connectivity index is 0.00000342. The first-order chi connectivity index (χ1) is 16.4. The van der Waals surface area contributed by atoms with Crippen molar-refractivity contribution in [2.45, 2.75) is 30.3 Å². The zero-order valence-electron chi connectivity index (χ0n) is 19.0. The molecule has 9 heteroatoms. The van der Waals surface area contributed by atoms with E-state index in [4.69, 9.17) is 22.1 Å². The number of halogens is 3. The number of hydrogen-bond donors (Lipinski definition) is 1. The number of rotatable bonds is 7. The van der Waals surface area contributed by atoms with Crippen molar-refractivity contribution in [1.29, 1.82) is 0 Å². The Morgan fingerprint density at radius 3 is 2.46 bits per heavy atom. The lowest BCUT2D eigenvalue weighted by molar-refractivity contribution is -0.119. The number of carbonyl (C=O) groups is 2. The summed E-state index contributed by atoms with van der Waals surface area (Å²) in [4.78, 5) is 28.2. The van der Waals surface area contributed by atoms with Crippen LogP contribution < -0.4 is 15.4 Å². The normalized spacial score (nSPS) is 15.1. The standard InChI is InChI=1S/C26H24ClFN2O3S.ClH/c1-33-19-9-4-16(5-10-19)6-11-24(31)20-12-23-25(13-21(20)28)34-15-22(29)26(32)30(23)14-17-2-7-18(27)8-3-17;/h2-5,7-10,12-13,22H,6,11,14-15,29H2,1H3;1H/t22-;/m0./s1. The lowest BCUT2D eigenvalue weighted by atomic mass is 10.0. The van der Waals surface area contributed by atoms with Gasteiger partial charge in [0.25, 0.3) is 0 Å². The molecule has 1 aliphatic rings. The second-order valence-electron chi connectivity index (χ2n) is 8.04. The first-order valence-corrected chi connectivity index (χ1v) is 12.2. The Hall–Kier alpha value is -2.58. The fourth-order valence-corrected chi connectivity index (χ4v) is 4.91. The number of benzene rings is 3. The molecule has 0 fully saturated rings. The molecule has 0 spiro atoms. The molecule has 0 unspecified atom stereocenters. The summed E-state index contributed by atoms with van der Waals surface area (Å²) in [7, 11) is 1.59. The summed E-state index contributed by atoms with van der Waals surface area (Å²) >= 11 is 7.30. The quantitative estimate of drug-likeness (QED) is 0.394. The van der Waals surface area contributed by atoms with Gasteiger partial charge in [0.05, 0.1) is 30.9 Å². The fraction of sp³-hybridized carbons (Fsp3) is 0.231. The number of nitrogens with zero attached hydrogens (tertiary/aromatic N) is 1. The lowest BCUT2D eigenvalue weighted by Gasteiger charge is -2.25. The number of ether oxygens (including phenoxy) is 1. The van der Waals surface area contributed by atoms with Crippen molar-refractivity contribution in [2.24, 2.45) is 5.73 Å². The number of ketones is 1. The summed E-state index contributed by atoms with van der Waals surface area (Å²) < 4.78 is 20.1. The Morgan fingerprint density at radius 1 is 1.14 bits per heavy atom. The minimum Gasteiger partial charge on any atom is -0.497 e. The van der Waals surface area contributed by atoms with Gasteiger partial charge >= 0.3 is 0 Å². The van der Waals surface area contributed by atoms with E-state index >= 15 is 0 Å². The molecule has 0 saturated carbocycles. The third-order valence-electron chi connectivity index (χ3n) is 5.70. The number of nitrogens with two attached hydrogens (primary N) is 1. The number of methoxy groups -OCH3 is 1. The van der Waals surface area contributed by atoms with Gasteiger partial charge in [-0.3, -0.25) is 9.59 Å². The van der Waals surface area contributed by atoms with Gasteiger partial charge in [-0.1, -0.05) is 35.9 Å². The van der Waals surface area contributed by atoms with Crippen LogP contribution in [0.15, 0.2) is 65.6 Å². The topological polar surface area (TPSA) is 72.6 Å². The number of Topliss-reactive ketones (excluding diaryl/α,β-unsaturated/α-hetero) is 1. The molecule has 0 saturated heterocycles. The monoisotopic (exact) mass is 534 g/mol. The molecular weight excluding hydrogens is 510 g/mol. The molecule has 2 N–H and O–H groups in total. The zero-order chi connectivity index (χ0) is 24.2. The van der Waals surface area contributed by atoms with Gasteiger partial charge in [-0.2, -0.15) is 0 Å². The molecule has 0 radical (unpaired) electrons. The van der Waals surface area contributed by atoms with Gasteiger partial charge in [0.1, 0.15) is 11.6 Å². The van der Waals surface area contributed by atoms with Crippen LogP contribution in [0.1, 0.15) is 27.9 Å². The molecule has 3 aromatic carbocycles. The van der Waals surface area contributed by atoms with E-state index in [1.165, 1.54) is 28.8 Å². The van der Waals surface area contributed by atoms with E-state index in [1.807, 2.05) is 36.4 Å². The van der Waals surface area contributed by atoms with Crippen molar-refractivity contribution in [3.8, 4) is 5.75 Å². The Labute approximate surface area is 219 Å². The highest BCUT2D eigenvalue weighted by Gasteiger charge is 2.30. The second-order valence-corrected chi connectivity index (χ2v) is 9.54. The zero-order valence-corrected chi connectivity index (χ0v) is 21.4. The van der Waals surface area contributed by atoms with Gasteiger partial charge in [0, 0.05) is 22.1 Å². The maximum Gasteiger partial charge on any atom is 0.245 e. The van der Waals surface area contributed by atoms with E-state index < -0.39 is 11.9 Å². The summed E-state index contributed by atoms with van der Waals surface area (Å²) in [6.07, 6.45) is 0.603. The fourth-order valence-electron chi connectivity index (χ4n) is 3.77. The average Bonchev–Trinajstić information content (AvgIpc) is 2.95. The lowest BCUT2D eigenvalue weighted by Crippen LogP contribution is -2.44. The van der Waals surface area contributed by atoms with Crippen molar-refractivity contribution in [2.75, 3.05) is 17.8 Å². The van der Waals surface area contributed by atoms with Crippen LogP contribution in [-0.2, 0) is 17.8 Å². The number of fused-ring (bicyclic) bond motifs is 1. The molecule has 0 aromatic heterocycles. The van der Waals surface area contributed by atoms with Crippen molar-refractivity contribution in [3.63, 3.8) is 0 Å². The predicted molar refractivity (Wildman–Crippen MR) is 141 cm³/mol. The molecule has 1 atom stereocenters. The third-order valence-corrected chi connectivity index (χ3v) is 7.11. The summed E-state index contributed by atoms with van der Waals surface area (Å²) in [5.74, 6) is -0.140. The molecule has 1 amide bonds. The average molecular weight is 535 g/mol. The number of thioether (sulfide) groups is 1. The third kappa shape index (κ3) is 6.35. The molecular formula is C26H25Cl2FN2O3S. The molecule has 35 heavy (non-hydrogen) atoms. The minimum absolute atomic E-state index is 0. The summed E-state index contributed by atoms with van der Waals surface area (Å²) in [6, 6.07) is 16.6. The van der Waals surface area contributed by atoms with Crippen molar-refractivity contribution in [3.05, 3.63) is 88.2 Å². The first-order valence-electron chi connectivity index (χ1n) is 10.8. The van der Waals surface area contributed by atoms with Gasteiger partial charge in [-0.05, 0) is 53.9 Å². The van der Waals surface area contributed by atoms with Crippen LogP contribution in [0.25, 0.3) is 0 Å². The first kappa shape index (κ1) is 27.0. The van der Waals surface area contributed by atoms with Crippen LogP contribution in [0.4, 0.5) is 10.1 Å². The summed E-state index contributed by atoms with van der Waals surface area (Å²) in [6.45, 7) is 0.238. The van der Waals surface area contributed by atoms with Crippen LogP contribution in [-0.4, -0.2) is 30.6 Å². The van der Waals surface area contributed by atoms with Crippen molar-refractivity contribution >= 4 is 53.1 Å². The van der Waals surface area contributed by atoms with E-state index in [0.29, 0.717) is 27.8 Å². The Morgan fingerprint density at radius 2 is 1.80 bits per heavy atom. The molecule has 0 bridgehead atoms. The molecule has 0 aliphatic carbocycles. The van der Waals surface area contributed by atoms with Gasteiger partial charge in [-0.25, -0.2) is 4.39 Å². The number of carbonyl (C=O) groups excluding carboxylic acids is 2. The SMILES string of the molecule is COc1ccc(CCC(=O)c2cc3c(cc2F)SC[C@H](N)C(=O)N3Cc2ccc(Cl)cc2)cc1.Cl. The van der Waals surface area contributed by atoms with Crippen LogP contribution in [0, 0.1) is 5.82 Å². The molecule has 1 aliphatic heterocycles. The minimum atomic E-state index is -0.734. The molecule has 4 rings (SSSR count). The molecule has 1 heterocycles. The smallest absolute Gasteiger partial charge is 0.245 e. The number of anilines is 1. The molecule has 5 nitrogen and oxygen atoms in total. The van der Waals surface area contributed by atoms with Gasteiger partial charge < -0.3 is 15.4 Å². The number of hydrogen-bond acceptors (Lipinski definition) is 5. The van der Waals surface area contributed by atoms with Gasteiger partial charge in [-0.15, -0.1) is 24.2 Å². The van der Waals surface area contributed by atoms with Crippen LogP contribution in [0.5, 0.6) is 5.75 Å². The van der Waals surface area contributed by atoms with Crippen molar-refractivity contribution < 1.29 is 18.7 Å². The number of aryl methyl sites for hydroxylation is 1. The second kappa shape index (κ2) is 11.9. The van der Waals surface area contributed by atoms with E-state index in [0.717, 1.165) is 16.9 Å². The summed E-state index contributed by atoms with van der Waals surface area (Å²) in [5.41, 5.74) is 8.35. The Kier molecular flexibility index (Phi) is 9.19. The predicted octanol–water partition coefficient (Wildman–Crippen LogP) is 5.69. The van der Waals surface area contributed by atoms with E-state index in [2.05, 4.69) is 0 Å². The Bertz CT molecular complexity index is 1210. The highest BCUT2D eigenvalue weighted by molar-refractivity contribution is 7.99. The largest absolute Gasteiger partial charge is 0.497 e. The van der Waals surface area contributed by atoms with E-state index in [1.54, 1.807) is 19.2 Å². The van der Waals surface area contributed by atoms with Crippen LogP contribution >= 0.6 is 35.8 Å². The van der Waals surface area contributed by atoms with Gasteiger partial charge in [0.15, 0.2) is 5.78 Å². The van der Waals surface area contributed by atoms with Crippen LogP contribution in [0.2, 0.25) is 5.02 Å². The highest BCUT2D eigenvalue weighted by Crippen LogP contribution is 2.37. The van der Waals surface area contributed by atoms with E-state index in [-0.39, 0.29) is 42.6 Å². The molecule has 3 aromatic rings.